The predicted octanol–water partition coefficient (Wildman–Crippen LogP) is 1.16. The molecule has 0 aliphatic heterocycles. The van der Waals surface area contributed by atoms with Crippen molar-refractivity contribution in [1.82, 2.24) is 9.97 Å². The second-order valence-corrected chi connectivity index (χ2v) is 6.50. The maximum Gasteiger partial charge on any atom is 1.00 e. The molecule has 0 fully saturated rings. The van der Waals surface area contributed by atoms with Crippen LogP contribution in [-0.2, 0) is 6.42 Å². The van der Waals surface area contributed by atoms with Crippen LogP contribution in [0.5, 0.6) is 0 Å². The first-order valence-electron chi connectivity index (χ1n) is 8.40. The van der Waals surface area contributed by atoms with Crippen LogP contribution in [0.3, 0.4) is 0 Å². The van der Waals surface area contributed by atoms with Gasteiger partial charge >= 0.3 is 35.5 Å². The van der Waals surface area contributed by atoms with Gasteiger partial charge in [-0.3, -0.25) is 0 Å². The zero-order chi connectivity index (χ0) is 19.4. The molecule has 0 bridgehead atoms. The zero-order valence-corrected chi connectivity index (χ0v) is 18.5. The first-order valence-corrected chi connectivity index (χ1v) is 8.78. The van der Waals surface area contributed by atoms with E-state index in [4.69, 9.17) is 22.4 Å². The van der Waals surface area contributed by atoms with Crippen molar-refractivity contribution >= 4 is 29.3 Å². The maximum absolute atomic E-state index is 10.9. The van der Waals surface area contributed by atoms with Crippen LogP contribution in [0.1, 0.15) is 22.9 Å². The van der Waals surface area contributed by atoms with Crippen molar-refractivity contribution in [3.05, 3.63) is 70.2 Å². The smallest absolute Gasteiger partial charge is 1.00 e. The summed E-state index contributed by atoms with van der Waals surface area (Å²) in [6.07, 6.45) is 0.718. The van der Waals surface area contributed by atoms with E-state index in [0.29, 0.717) is 23.1 Å². The molecule has 1 heterocycles. The Morgan fingerprint density at radius 2 is 1.93 bits per heavy atom. The van der Waals surface area contributed by atoms with Crippen molar-refractivity contribution in [1.29, 1.82) is 0 Å². The number of hydrogen-bond donors (Lipinski definition) is 3. The van der Waals surface area contributed by atoms with Gasteiger partial charge in [-0.2, -0.15) is 4.98 Å². The van der Waals surface area contributed by atoms with Crippen LogP contribution in [0, 0.1) is 6.92 Å². The summed E-state index contributed by atoms with van der Waals surface area (Å²) in [5, 5.41) is 12.8. The summed E-state index contributed by atoms with van der Waals surface area (Å²) in [5.41, 5.74) is 9.71. The fourth-order valence-corrected chi connectivity index (χ4v) is 2.90. The molecule has 0 aliphatic carbocycles. The third kappa shape index (κ3) is 5.45. The number of rotatable bonds is 6. The first-order chi connectivity index (χ1) is 12.9. The molecule has 0 aliphatic rings. The first kappa shape index (κ1) is 22.2. The van der Waals surface area contributed by atoms with Crippen molar-refractivity contribution < 1.29 is 40.9 Å². The van der Waals surface area contributed by atoms with E-state index in [1.807, 2.05) is 31.2 Å². The van der Waals surface area contributed by atoms with Crippen LogP contribution in [0.25, 0.3) is 11.3 Å². The van der Waals surface area contributed by atoms with E-state index in [2.05, 4.69) is 15.3 Å². The third-order valence-corrected chi connectivity index (χ3v) is 4.62. The fraction of sp³-hybridized carbons (Fsp3) is 0.150. The number of nitrogens with zero attached hydrogens (tertiary/aromatic N) is 2. The van der Waals surface area contributed by atoms with Crippen molar-refractivity contribution in [2.45, 2.75) is 13.3 Å². The molecule has 0 amide bonds. The Morgan fingerprint density at radius 1 is 1.21 bits per heavy atom. The van der Waals surface area contributed by atoms with E-state index < -0.39 is 5.97 Å². The Balaban J connectivity index is 0.00000210. The quantitative estimate of drug-likeness (QED) is 0.531. The Hall–Kier alpha value is -2.12. The predicted molar refractivity (Wildman–Crippen MR) is 108 cm³/mol. The van der Waals surface area contributed by atoms with Crippen LogP contribution < -0.4 is 40.6 Å². The minimum absolute atomic E-state index is 0. The molecular formula is C20H20ClN4NaO2. The molecule has 0 radical (unpaired) electrons. The van der Waals surface area contributed by atoms with E-state index in [9.17, 15) is 4.79 Å². The number of nitrogens with two attached hydrogens (primary N) is 1. The van der Waals surface area contributed by atoms with E-state index in [1.165, 1.54) is 0 Å². The third-order valence-electron chi connectivity index (χ3n) is 4.21. The maximum atomic E-state index is 10.9. The number of aromatic carboxylic acids is 1. The van der Waals surface area contributed by atoms with Crippen LogP contribution in [0.15, 0.2) is 48.5 Å². The SMILES string of the molecule is Cc1c(Cl)cccc1-c1cc(NCCc2ccc(C(=O)O)cc2)nc(N)n1.[H-].[Na+]. The number of hydrogen-bond acceptors (Lipinski definition) is 5. The number of benzene rings is 2. The van der Waals surface area contributed by atoms with Crippen LogP contribution in [-0.4, -0.2) is 27.6 Å². The van der Waals surface area contributed by atoms with Gasteiger partial charge in [-0.05, 0) is 42.7 Å². The van der Waals surface area contributed by atoms with Gasteiger partial charge < -0.3 is 17.6 Å². The number of carboxylic acids is 1. The fourth-order valence-electron chi connectivity index (χ4n) is 2.73. The Kier molecular flexibility index (Phi) is 7.83. The minimum Gasteiger partial charge on any atom is -1.00 e. The summed E-state index contributed by atoms with van der Waals surface area (Å²) in [4.78, 5) is 19.4. The Bertz CT molecular complexity index is 987. The van der Waals surface area contributed by atoms with Crippen LogP contribution in [0.4, 0.5) is 11.8 Å². The van der Waals surface area contributed by atoms with Gasteiger partial charge in [-0.25, -0.2) is 9.78 Å². The number of carboxylic acid groups (broad SMARTS) is 1. The summed E-state index contributed by atoms with van der Waals surface area (Å²) in [5.74, 6) is -0.126. The van der Waals surface area contributed by atoms with Gasteiger partial charge in [-0.1, -0.05) is 35.9 Å². The minimum atomic E-state index is -0.931. The van der Waals surface area contributed by atoms with Crippen molar-refractivity contribution in [3.63, 3.8) is 0 Å². The van der Waals surface area contributed by atoms with Gasteiger partial charge in [0.05, 0.1) is 11.3 Å². The van der Waals surface area contributed by atoms with E-state index in [-0.39, 0.29) is 42.5 Å². The largest absolute Gasteiger partial charge is 1.00 e. The molecule has 0 spiro atoms. The summed E-state index contributed by atoms with van der Waals surface area (Å²) >= 11 is 6.20. The van der Waals surface area contributed by atoms with E-state index >= 15 is 0 Å². The molecular weight excluding hydrogens is 387 g/mol. The Labute approximate surface area is 191 Å². The molecule has 0 unspecified atom stereocenters. The average Bonchev–Trinajstić information content (AvgIpc) is 2.64. The molecule has 0 atom stereocenters. The number of aromatic nitrogens is 2. The van der Waals surface area contributed by atoms with Gasteiger partial charge in [-0.15, -0.1) is 0 Å². The monoisotopic (exact) mass is 406 g/mol. The number of carbonyl (C=O) groups is 1. The molecule has 0 saturated carbocycles. The molecule has 6 nitrogen and oxygen atoms in total. The van der Waals surface area contributed by atoms with Gasteiger partial charge in [0.1, 0.15) is 5.82 Å². The summed E-state index contributed by atoms with van der Waals surface area (Å²) in [7, 11) is 0. The van der Waals surface area contributed by atoms with E-state index in [1.54, 1.807) is 24.3 Å². The second kappa shape index (κ2) is 9.89. The Morgan fingerprint density at radius 3 is 2.61 bits per heavy atom. The van der Waals surface area contributed by atoms with Crippen LogP contribution >= 0.6 is 11.6 Å². The molecule has 28 heavy (non-hydrogen) atoms. The molecule has 4 N–H and O–H groups in total. The van der Waals surface area contributed by atoms with Crippen molar-refractivity contribution in [3.8, 4) is 11.3 Å². The molecule has 3 aromatic rings. The van der Waals surface area contributed by atoms with Crippen LogP contribution in [0.2, 0.25) is 5.02 Å². The molecule has 1 aromatic heterocycles. The summed E-state index contributed by atoms with van der Waals surface area (Å²) in [6.45, 7) is 2.56. The molecule has 140 valence electrons. The van der Waals surface area contributed by atoms with E-state index in [0.717, 1.165) is 23.1 Å². The van der Waals surface area contributed by atoms with Gasteiger partial charge in [0.15, 0.2) is 0 Å². The molecule has 0 saturated heterocycles. The number of anilines is 2. The van der Waals surface area contributed by atoms with Crippen molar-refractivity contribution in [2.24, 2.45) is 0 Å². The standard InChI is InChI=1S/C20H19ClN4O2.Na.H/c1-12-15(3-2-4-16(12)21)17-11-18(25-20(22)24-17)23-10-9-13-5-7-14(8-6-13)19(26)27;;/h2-8,11H,9-10H2,1H3,(H,26,27)(H3,22,23,24,25);;/q;+1;-1. The average molecular weight is 407 g/mol. The van der Waals surface area contributed by atoms with Gasteiger partial charge in [0.2, 0.25) is 5.95 Å². The zero-order valence-electron chi connectivity index (χ0n) is 16.7. The summed E-state index contributed by atoms with van der Waals surface area (Å²) < 4.78 is 0. The molecule has 8 heteroatoms. The molecule has 3 rings (SSSR count). The second-order valence-electron chi connectivity index (χ2n) is 6.09. The van der Waals surface area contributed by atoms with Crippen molar-refractivity contribution in [2.75, 3.05) is 17.6 Å². The topological polar surface area (TPSA) is 101 Å². The number of nitrogens with one attached hydrogen (secondary N) is 1. The number of halogens is 1. The molecule has 2 aromatic carbocycles. The normalized spacial score (nSPS) is 10.2. The number of nitrogen functional groups attached to an aromatic ring is 1. The van der Waals surface area contributed by atoms with Gasteiger partial charge in [0, 0.05) is 23.2 Å². The van der Waals surface area contributed by atoms with Gasteiger partial charge in [0.25, 0.3) is 0 Å². The summed E-state index contributed by atoms with van der Waals surface area (Å²) in [6, 6.07) is 14.3.